The van der Waals surface area contributed by atoms with Crippen LogP contribution in [0.15, 0.2) is 42.5 Å². The first kappa shape index (κ1) is 17.0. The number of thiophene rings is 1. The van der Waals surface area contributed by atoms with Crippen LogP contribution in [-0.2, 0) is 11.3 Å². The zero-order valence-electron chi connectivity index (χ0n) is 13.4. The van der Waals surface area contributed by atoms with Crippen molar-refractivity contribution in [1.29, 1.82) is 0 Å². The molecule has 6 heteroatoms. The molecule has 3 N–H and O–H groups in total. The number of urea groups is 1. The minimum absolute atomic E-state index is 0.152. The predicted molar refractivity (Wildman–Crippen MR) is 94.0 cm³/mol. The van der Waals surface area contributed by atoms with Gasteiger partial charge in [0.1, 0.15) is 6.10 Å². The summed E-state index contributed by atoms with van der Waals surface area (Å²) in [6, 6.07) is 13.5. The number of carbonyl (C=O) groups is 1. The standard InChI is InChI=1S/C18H22N2O3S/c21-17(13-4-2-1-3-5-13)16-7-6-15(24-16)12-19-18(22)20-14-8-10-23-11-9-14/h1-7,14,17,21H,8-12H2,(H2,19,20,22)/t17-/m0/s1. The Balaban J connectivity index is 1.49. The van der Waals surface area contributed by atoms with Gasteiger partial charge in [-0.25, -0.2) is 4.79 Å². The van der Waals surface area contributed by atoms with Crippen LogP contribution in [0.5, 0.6) is 0 Å². The molecule has 0 saturated carbocycles. The van der Waals surface area contributed by atoms with Crippen LogP contribution in [0.1, 0.15) is 34.3 Å². The summed E-state index contributed by atoms with van der Waals surface area (Å²) in [5, 5.41) is 16.2. The van der Waals surface area contributed by atoms with Crippen LogP contribution in [0.25, 0.3) is 0 Å². The van der Waals surface area contributed by atoms with Gasteiger partial charge in [0.05, 0.1) is 6.54 Å². The van der Waals surface area contributed by atoms with E-state index in [4.69, 9.17) is 4.74 Å². The first-order valence-electron chi connectivity index (χ1n) is 8.16. The molecule has 0 aliphatic carbocycles. The van der Waals surface area contributed by atoms with E-state index in [1.807, 2.05) is 42.5 Å². The molecule has 1 fully saturated rings. The highest BCUT2D eigenvalue weighted by Crippen LogP contribution is 2.28. The van der Waals surface area contributed by atoms with Crippen molar-refractivity contribution in [3.05, 3.63) is 57.8 Å². The summed E-state index contributed by atoms with van der Waals surface area (Å²) in [5.41, 5.74) is 0.871. The molecule has 0 unspecified atom stereocenters. The molecule has 5 nitrogen and oxygen atoms in total. The Morgan fingerprint density at radius 3 is 2.71 bits per heavy atom. The lowest BCUT2D eigenvalue weighted by Crippen LogP contribution is -2.44. The second-order valence-corrected chi connectivity index (χ2v) is 7.03. The van der Waals surface area contributed by atoms with Crippen molar-refractivity contribution in [2.45, 2.75) is 31.5 Å². The van der Waals surface area contributed by atoms with Crippen LogP contribution < -0.4 is 10.6 Å². The van der Waals surface area contributed by atoms with Crippen molar-refractivity contribution in [3.63, 3.8) is 0 Å². The first-order chi connectivity index (χ1) is 11.7. The van der Waals surface area contributed by atoms with E-state index in [1.165, 1.54) is 11.3 Å². The zero-order chi connectivity index (χ0) is 16.8. The fraction of sp³-hybridized carbons (Fsp3) is 0.389. The summed E-state index contributed by atoms with van der Waals surface area (Å²) in [4.78, 5) is 13.8. The Labute approximate surface area is 145 Å². The molecule has 1 aromatic heterocycles. The van der Waals surface area contributed by atoms with E-state index >= 15 is 0 Å². The quantitative estimate of drug-likeness (QED) is 0.780. The van der Waals surface area contributed by atoms with Crippen molar-refractivity contribution in [2.24, 2.45) is 0 Å². The summed E-state index contributed by atoms with van der Waals surface area (Å²) in [5.74, 6) is 0. The van der Waals surface area contributed by atoms with Crippen molar-refractivity contribution >= 4 is 17.4 Å². The largest absolute Gasteiger partial charge is 0.383 e. The van der Waals surface area contributed by atoms with Gasteiger partial charge in [0.2, 0.25) is 0 Å². The van der Waals surface area contributed by atoms with Gasteiger partial charge in [-0.15, -0.1) is 11.3 Å². The summed E-state index contributed by atoms with van der Waals surface area (Å²) >= 11 is 1.51. The minimum Gasteiger partial charge on any atom is -0.383 e. The second kappa shape index (κ2) is 8.28. The third-order valence-corrected chi connectivity index (χ3v) is 5.18. The Morgan fingerprint density at radius 2 is 1.96 bits per heavy atom. The molecule has 1 saturated heterocycles. The number of benzene rings is 1. The Morgan fingerprint density at radius 1 is 1.21 bits per heavy atom. The number of hydrogen-bond acceptors (Lipinski definition) is 4. The van der Waals surface area contributed by atoms with E-state index in [-0.39, 0.29) is 12.1 Å². The molecule has 1 aromatic carbocycles. The minimum atomic E-state index is -0.624. The molecule has 2 aromatic rings. The Kier molecular flexibility index (Phi) is 5.85. The lowest BCUT2D eigenvalue weighted by molar-refractivity contribution is 0.0801. The number of amides is 2. The highest BCUT2D eigenvalue weighted by Gasteiger charge is 2.16. The van der Waals surface area contributed by atoms with Gasteiger partial charge in [-0.05, 0) is 30.5 Å². The van der Waals surface area contributed by atoms with Gasteiger partial charge in [-0.3, -0.25) is 0 Å². The molecule has 2 heterocycles. The molecule has 3 rings (SSSR count). The van der Waals surface area contributed by atoms with Gasteiger partial charge in [0.15, 0.2) is 0 Å². The van der Waals surface area contributed by atoms with Crippen molar-refractivity contribution in [2.75, 3.05) is 13.2 Å². The number of rotatable bonds is 5. The van der Waals surface area contributed by atoms with Crippen LogP contribution in [0, 0.1) is 0 Å². The van der Waals surface area contributed by atoms with Gasteiger partial charge in [0, 0.05) is 29.0 Å². The number of nitrogens with one attached hydrogen (secondary N) is 2. The van der Waals surface area contributed by atoms with E-state index in [0.717, 1.165) is 28.2 Å². The highest BCUT2D eigenvalue weighted by molar-refractivity contribution is 7.12. The maximum atomic E-state index is 11.9. The van der Waals surface area contributed by atoms with Crippen molar-refractivity contribution in [3.8, 4) is 0 Å². The number of carbonyl (C=O) groups excluding carboxylic acids is 1. The molecule has 0 spiro atoms. The molecular weight excluding hydrogens is 324 g/mol. The normalized spacial score (nSPS) is 16.5. The maximum Gasteiger partial charge on any atom is 0.315 e. The summed E-state index contributed by atoms with van der Waals surface area (Å²) in [6.45, 7) is 1.87. The SMILES string of the molecule is O=C(NCc1ccc([C@@H](O)c2ccccc2)s1)NC1CCOCC1. The van der Waals surface area contributed by atoms with Gasteiger partial charge < -0.3 is 20.5 Å². The van der Waals surface area contributed by atoms with Gasteiger partial charge in [-0.2, -0.15) is 0 Å². The van der Waals surface area contributed by atoms with E-state index in [1.54, 1.807) is 0 Å². The Bertz CT molecular complexity index is 653. The van der Waals surface area contributed by atoms with Crippen LogP contribution in [0.4, 0.5) is 4.79 Å². The third kappa shape index (κ3) is 4.56. The molecule has 128 valence electrons. The van der Waals surface area contributed by atoms with Gasteiger partial charge in [0.25, 0.3) is 0 Å². The van der Waals surface area contributed by atoms with Crippen LogP contribution in [0.3, 0.4) is 0 Å². The predicted octanol–water partition coefficient (Wildman–Crippen LogP) is 2.81. The van der Waals surface area contributed by atoms with Gasteiger partial charge in [-0.1, -0.05) is 30.3 Å². The number of hydrogen-bond donors (Lipinski definition) is 3. The summed E-state index contributed by atoms with van der Waals surface area (Å²) < 4.78 is 5.28. The fourth-order valence-electron chi connectivity index (χ4n) is 2.68. The fourth-order valence-corrected chi connectivity index (χ4v) is 3.65. The number of aliphatic hydroxyl groups excluding tert-OH is 1. The van der Waals surface area contributed by atoms with Crippen LogP contribution in [0.2, 0.25) is 0 Å². The molecule has 0 radical (unpaired) electrons. The lowest BCUT2D eigenvalue weighted by Gasteiger charge is -2.23. The molecule has 2 amide bonds. The third-order valence-electron chi connectivity index (χ3n) is 4.05. The van der Waals surface area contributed by atoms with Crippen LogP contribution in [-0.4, -0.2) is 30.4 Å². The summed E-state index contributed by atoms with van der Waals surface area (Å²) in [7, 11) is 0. The molecule has 24 heavy (non-hydrogen) atoms. The maximum absolute atomic E-state index is 11.9. The molecular formula is C18H22N2O3S. The molecule has 1 aliphatic heterocycles. The first-order valence-corrected chi connectivity index (χ1v) is 8.98. The second-order valence-electron chi connectivity index (χ2n) is 5.83. The highest BCUT2D eigenvalue weighted by atomic mass is 32.1. The van der Waals surface area contributed by atoms with E-state index in [0.29, 0.717) is 19.8 Å². The molecule has 0 bridgehead atoms. The monoisotopic (exact) mass is 346 g/mol. The Hall–Kier alpha value is -1.89. The number of ether oxygens (including phenoxy) is 1. The average molecular weight is 346 g/mol. The zero-order valence-corrected chi connectivity index (χ0v) is 14.2. The smallest absolute Gasteiger partial charge is 0.315 e. The molecule has 1 atom stereocenters. The topological polar surface area (TPSA) is 70.6 Å². The van der Waals surface area contributed by atoms with Crippen molar-refractivity contribution in [1.82, 2.24) is 10.6 Å². The number of aliphatic hydroxyl groups is 1. The van der Waals surface area contributed by atoms with E-state index in [2.05, 4.69) is 10.6 Å². The van der Waals surface area contributed by atoms with Gasteiger partial charge >= 0.3 is 6.03 Å². The van der Waals surface area contributed by atoms with E-state index < -0.39 is 6.10 Å². The van der Waals surface area contributed by atoms with Crippen molar-refractivity contribution < 1.29 is 14.6 Å². The average Bonchev–Trinajstić information content (AvgIpc) is 3.10. The molecule has 1 aliphatic rings. The lowest BCUT2D eigenvalue weighted by atomic mass is 10.1. The summed E-state index contributed by atoms with van der Waals surface area (Å²) in [6.07, 6.45) is 1.10. The van der Waals surface area contributed by atoms with E-state index in [9.17, 15) is 9.90 Å². The van der Waals surface area contributed by atoms with Crippen LogP contribution >= 0.6 is 11.3 Å².